The van der Waals surface area contributed by atoms with Gasteiger partial charge in [0.25, 0.3) is 0 Å². The Morgan fingerprint density at radius 3 is 2.80 bits per heavy atom. The van der Waals surface area contributed by atoms with Gasteiger partial charge in [0.1, 0.15) is 0 Å². The van der Waals surface area contributed by atoms with Crippen molar-refractivity contribution in [3.05, 3.63) is 0 Å². The molecule has 1 fully saturated rings. The maximum absolute atomic E-state index is 10.8. The second-order valence-corrected chi connectivity index (χ2v) is 2.06. The van der Waals surface area contributed by atoms with Crippen molar-refractivity contribution >= 4 is 11.8 Å². The highest BCUT2D eigenvalue weighted by atomic mass is 16.4. The predicted molar refractivity (Wildman–Crippen MR) is 32.2 cm³/mol. The van der Waals surface area contributed by atoms with E-state index in [1.54, 1.807) is 0 Å². The van der Waals surface area contributed by atoms with E-state index in [1.807, 2.05) is 0 Å². The van der Waals surface area contributed by atoms with E-state index in [0.29, 0.717) is 6.54 Å². The first-order valence-corrected chi connectivity index (χ1v) is 2.95. The molecule has 0 saturated carbocycles. The minimum Gasteiger partial charge on any atom is -0.480 e. The van der Waals surface area contributed by atoms with Crippen molar-refractivity contribution < 1.29 is 14.7 Å². The number of rotatable bonds is 1. The highest BCUT2D eigenvalue weighted by Gasteiger charge is 2.27. The van der Waals surface area contributed by atoms with Crippen LogP contribution in [0.15, 0.2) is 0 Å². The molecule has 0 bridgehead atoms. The number of Topliss-reactive ketones (excluding diaryl/α,β-unsaturated/α-hetero) is 1. The van der Waals surface area contributed by atoms with Gasteiger partial charge in [0.05, 0.1) is 0 Å². The van der Waals surface area contributed by atoms with E-state index in [4.69, 9.17) is 5.11 Å². The maximum Gasteiger partial charge on any atom is 0.329 e. The van der Waals surface area contributed by atoms with Crippen LogP contribution in [0.5, 0.6) is 0 Å². The van der Waals surface area contributed by atoms with Crippen LogP contribution in [0.3, 0.4) is 0 Å². The molecule has 0 aromatic rings. The smallest absolute Gasteiger partial charge is 0.329 e. The number of carboxylic acids is 1. The van der Waals surface area contributed by atoms with E-state index in [1.165, 1.54) is 0 Å². The lowest BCUT2D eigenvalue weighted by Gasteiger charge is -2.18. The zero-order valence-corrected chi connectivity index (χ0v) is 5.26. The van der Waals surface area contributed by atoms with Crippen molar-refractivity contribution in [2.75, 3.05) is 6.54 Å². The molecule has 1 unspecified atom stereocenters. The van der Waals surface area contributed by atoms with E-state index in [9.17, 15) is 9.59 Å². The van der Waals surface area contributed by atoms with Crippen molar-refractivity contribution in [1.29, 1.82) is 0 Å². The molecule has 0 aliphatic carbocycles. The van der Waals surface area contributed by atoms with Crippen LogP contribution >= 0.6 is 0 Å². The van der Waals surface area contributed by atoms with Crippen molar-refractivity contribution in [1.82, 2.24) is 10.9 Å². The van der Waals surface area contributed by atoms with Gasteiger partial charge in [0.15, 0.2) is 11.8 Å². The molecule has 0 amide bonds. The van der Waals surface area contributed by atoms with Crippen LogP contribution in [-0.4, -0.2) is 29.4 Å². The molecule has 1 aliphatic rings. The van der Waals surface area contributed by atoms with Gasteiger partial charge in [-0.2, -0.15) is 0 Å². The Hall–Kier alpha value is -0.940. The molecule has 1 heterocycles. The zero-order valence-electron chi connectivity index (χ0n) is 5.26. The first-order chi connectivity index (χ1) is 4.72. The van der Waals surface area contributed by atoms with Gasteiger partial charge in [-0.1, -0.05) is 0 Å². The van der Waals surface area contributed by atoms with Gasteiger partial charge in [-0.25, -0.2) is 10.2 Å². The van der Waals surface area contributed by atoms with E-state index in [0.717, 1.165) is 0 Å². The first kappa shape index (κ1) is 7.17. The zero-order chi connectivity index (χ0) is 7.56. The molecule has 1 aliphatic heterocycles. The van der Waals surface area contributed by atoms with Gasteiger partial charge in [-0.15, -0.1) is 0 Å². The van der Waals surface area contributed by atoms with Crippen LogP contribution in [-0.2, 0) is 9.59 Å². The summed E-state index contributed by atoms with van der Waals surface area (Å²) in [5, 5.41) is 8.39. The monoisotopic (exact) mass is 144 g/mol. The van der Waals surface area contributed by atoms with Gasteiger partial charge >= 0.3 is 5.97 Å². The Bertz CT molecular complexity index is 168. The highest BCUT2D eigenvalue weighted by molar-refractivity contribution is 6.02. The Labute approximate surface area is 57.4 Å². The van der Waals surface area contributed by atoms with Crippen LogP contribution in [0.4, 0.5) is 0 Å². The third-order valence-corrected chi connectivity index (χ3v) is 1.31. The van der Waals surface area contributed by atoms with Crippen LogP contribution in [0.25, 0.3) is 0 Å². The number of nitrogens with one attached hydrogen (secondary N) is 2. The van der Waals surface area contributed by atoms with Gasteiger partial charge in [0, 0.05) is 13.0 Å². The third-order valence-electron chi connectivity index (χ3n) is 1.31. The summed E-state index contributed by atoms with van der Waals surface area (Å²) in [7, 11) is 0. The van der Waals surface area contributed by atoms with Crippen molar-refractivity contribution in [2.45, 2.75) is 12.5 Å². The standard InChI is InChI=1S/C5H8N2O3/c8-3-1-2-6-7-4(3)5(9)10/h4,6-7H,1-2H2,(H,9,10). The van der Waals surface area contributed by atoms with Crippen LogP contribution in [0.1, 0.15) is 6.42 Å². The number of hydrazine groups is 1. The Balaban J connectivity index is 2.56. The number of hydrogen-bond acceptors (Lipinski definition) is 4. The summed E-state index contributed by atoms with van der Waals surface area (Å²) in [6.45, 7) is 0.503. The Morgan fingerprint density at radius 1 is 1.70 bits per heavy atom. The summed E-state index contributed by atoms with van der Waals surface area (Å²) in [5.41, 5.74) is 4.96. The molecule has 5 nitrogen and oxygen atoms in total. The maximum atomic E-state index is 10.8. The van der Waals surface area contributed by atoms with E-state index >= 15 is 0 Å². The van der Waals surface area contributed by atoms with E-state index in [2.05, 4.69) is 10.9 Å². The van der Waals surface area contributed by atoms with Crippen molar-refractivity contribution in [3.8, 4) is 0 Å². The second-order valence-electron chi connectivity index (χ2n) is 2.06. The molecule has 1 rings (SSSR count). The van der Waals surface area contributed by atoms with Crippen molar-refractivity contribution in [2.24, 2.45) is 0 Å². The van der Waals surface area contributed by atoms with Gasteiger partial charge in [0.2, 0.25) is 0 Å². The Morgan fingerprint density at radius 2 is 2.40 bits per heavy atom. The van der Waals surface area contributed by atoms with Crippen LogP contribution in [0.2, 0.25) is 0 Å². The number of ketones is 1. The minimum absolute atomic E-state index is 0.272. The molecule has 1 atom stereocenters. The first-order valence-electron chi connectivity index (χ1n) is 2.95. The summed E-state index contributed by atoms with van der Waals surface area (Å²) in [5.74, 6) is -1.40. The normalized spacial score (nSPS) is 26.4. The lowest BCUT2D eigenvalue weighted by molar-refractivity contribution is -0.144. The number of carbonyl (C=O) groups excluding carboxylic acids is 1. The molecule has 1 saturated heterocycles. The topological polar surface area (TPSA) is 78.4 Å². The summed E-state index contributed by atoms with van der Waals surface area (Å²) in [6.07, 6.45) is 0.282. The fraction of sp³-hybridized carbons (Fsp3) is 0.600. The molecule has 56 valence electrons. The SMILES string of the molecule is O=C(O)C1NNCCC1=O. The largest absolute Gasteiger partial charge is 0.480 e. The summed E-state index contributed by atoms with van der Waals surface area (Å²) >= 11 is 0. The molecule has 0 spiro atoms. The lowest BCUT2D eigenvalue weighted by Crippen LogP contribution is -2.55. The molecule has 10 heavy (non-hydrogen) atoms. The number of hydrogen-bond donors (Lipinski definition) is 3. The fourth-order valence-corrected chi connectivity index (χ4v) is 0.784. The van der Waals surface area contributed by atoms with Gasteiger partial charge in [-0.05, 0) is 0 Å². The number of aliphatic carboxylic acids is 1. The third kappa shape index (κ3) is 1.31. The number of carboxylic acid groups (broad SMARTS) is 1. The van der Waals surface area contributed by atoms with Crippen molar-refractivity contribution in [3.63, 3.8) is 0 Å². The van der Waals surface area contributed by atoms with Gasteiger partial charge < -0.3 is 5.11 Å². The van der Waals surface area contributed by atoms with E-state index in [-0.39, 0.29) is 12.2 Å². The van der Waals surface area contributed by atoms with Crippen LogP contribution < -0.4 is 10.9 Å². The van der Waals surface area contributed by atoms with Crippen LogP contribution in [0, 0.1) is 0 Å². The molecular weight excluding hydrogens is 136 g/mol. The fourth-order valence-electron chi connectivity index (χ4n) is 0.784. The molecule has 5 heteroatoms. The average molecular weight is 144 g/mol. The molecule has 0 aromatic heterocycles. The molecule has 3 N–H and O–H groups in total. The summed E-state index contributed by atoms with van der Waals surface area (Å²) in [6, 6.07) is -1.06. The highest BCUT2D eigenvalue weighted by Crippen LogP contribution is 1.94. The summed E-state index contributed by atoms with van der Waals surface area (Å²) in [4.78, 5) is 21.0. The molecular formula is C5H8N2O3. The predicted octanol–water partition coefficient (Wildman–Crippen LogP) is -1.49. The second kappa shape index (κ2) is 2.76. The van der Waals surface area contributed by atoms with E-state index < -0.39 is 12.0 Å². The lowest BCUT2D eigenvalue weighted by atomic mass is 10.1. The van der Waals surface area contributed by atoms with Gasteiger partial charge in [-0.3, -0.25) is 10.2 Å². The quantitative estimate of drug-likeness (QED) is 0.391. The number of carbonyl (C=O) groups is 2. The summed E-state index contributed by atoms with van der Waals surface area (Å²) < 4.78 is 0. The molecule has 0 radical (unpaired) electrons. The molecule has 0 aromatic carbocycles. The average Bonchev–Trinajstić information content (AvgIpc) is 1.88. The Kier molecular flexibility index (Phi) is 1.98. The minimum atomic E-state index is -1.13.